The molecule has 1 aliphatic heterocycles. The zero-order chi connectivity index (χ0) is 22.4. The molecule has 2 N–H and O–H groups in total. The average molecular weight is 425 g/mol. The summed E-state index contributed by atoms with van der Waals surface area (Å²) in [5.41, 5.74) is 4.83. The first kappa shape index (κ1) is 21.7. The van der Waals surface area contributed by atoms with E-state index in [-0.39, 0.29) is 5.41 Å². The number of rotatable bonds is 8. The fourth-order valence-corrected chi connectivity index (χ4v) is 4.53. The fraction of sp³-hybridized carbons (Fsp3) is 0.250. The van der Waals surface area contributed by atoms with Crippen molar-refractivity contribution in [2.75, 3.05) is 18.5 Å². The topological polar surface area (TPSA) is 52.9 Å². The third-order valence-corrected chi connectivity index (χ3v) is 6.17. The summed E-state index contributed by atoms with van der Waals surface area (Å²) in [6.45, 7) is 2.95. The molecule has 4 nitrogen and oxygen atoms in total. The first-order valence-corrected chi connectivity index (χ1v) is 11.2. The Balaban J connectivity index is 1.69. The van der Waals surface area contributed by atoms with Crippen molar-refractivity contribution in [1.82, 2.24) is 0 Å². The molecule has 0 saturated carbocycles. The highest BCUT2D eigenvalue weighted by Crippen LogP contribution is 2.41. The Bertz CT molecular complexity index is 1130. The molecule has 1 heterocycles. The Morgan fingerprint density at radius 3 is 2.50 bits per heavy atom. The van der Waals surface area contributed by atoms with Gasteiger partial charge < -0.3 is 15.0 Å². The molecular weight excluding hydrogens is 394 g/mol. The number of nitriles is 1. The van der Waals surface area contributed by atoms with Crippen LogP contribution in [-0.4, -0.2) is 13.6 Å². The van der Waals surface area contributed by atoms with Crippen molar-refractivity contribution in [2.45, 2.75) is 31.6 Å². The molecule has 3 aromatic carbocycles. The highest BCUT2D eigenvalue weighted by molar-refractivity contribution is 5.66. The predicted molar refractivity (Wildman–Crippen MR) is 129 cm³/mol. The molecular formula is C28H30N3O+. The number of para-hydroxylation sites is 3. The lowest BCUT2D eigenvalue weighted by Crippen LogP contribution is -2.73. The zero-order valence-electron chi connectivity index (χ0n) is 18.8. The van der Waals surface area contributed by atoms with Crippen molar-refractivity contribution < 1.29 is 10.1 Å². The van der Waals surface area contributed by atoms with Crippen LogP contribution in [0.2, 0.25) is 0 Å². The van der Waals surface area contributed by atoms with Crippen LogP contribution in [0.1, 0.15) is 30.9 Å². The van der Waals surface area contributed by atoms with Gasteiger partial charge in [-0.3, -0.25) is 0 Å². The van der Waals surface area contributed by atoms with Gasteiger partial charge >= 0.3 is 0 Å². The molecule has 32 heavy (non-hydrogen) atoms. The Morgan fingerprint density at radius 2 is 1.72 bits per heavy atom. The van der Waals surface area contributed by atoms with Crippen LogP contribution in [0.4, 0.5) is 11.4 Å². The van der Waals surface area contributed by atoms with Crippen molar-refractivity contribution in [3.8, 4) is 11.8 Å². The van der Waals surface area contributed by atoms with E-state index < -0.39 is 0 Å². The van der Waals surface area contributed by atoms with E-state index >= 15 is 0 Å². The number of nitrogens with two attached hydrogens (primary N) is 1. The second-order valence-electron chi connectivity index (χ2n) is 8.47. The van der Waals surface area contributed by atoms with Crippen LogP contribution < -0.4 is 15.0 Å². The maximum Gasteiger partial charge on any atom is 0.196 e. The third kappa shape index (κ3) is 4.54. The maximum absolute atomic E-state index is 9.15. The van der Waals surface area contributed by atoms with Crippen molar-refractivity contribution in [3.63, 3.8) is 0 Å². The van der Waals surface area contributed by atoms with Gasteiger partial charge in [0.15, 0.2) is 11.6 Å². The van der Waals surface area contributed by atoms with E-state index in [1.165, 1.54) is 16.8 Å². The van der Waals surface area contributed by atoms with Gasteiger partial charge in [0.05, 0.1) is 25.2 Å². The van der Waals surface area contributed by atoms with Gasteiger partial charge in [0, 0.05) is 17.5 Å². The number of hydrogen-bond acceptors (Lipinski definition) is 3. The number of hydrogen-bond donors (Lipinski definition) is 1. The van der Waals surface area contributed by atoms with E-state index in [0.717, 1.165) is 30.2 Å². The second kappa shape index (κ2) is 9.72. The number of benzene rings is 3. The molecule has 0 fully saturated rings. The van der Waals surface area contributed by atoms with Crippen molar-refractivity contribution in [3.05, 3.63) is 102 Å². The average Bonchev–Trinajstić information content (AvgIpc) is 3.19. The summed E-state index contributed by atoms with van der Waals surface area (Å²) in [6, 6.07) is 29.6. The summed E-state index contributed by atoms with van der Waals surface area (Å²) in [5.74, 6) is 1.67. The van der Waals surface area contributed by atoms with Gasteiger partial charge in [0.1, 0.15) is 5.69 Å². The molecule has 4 rings (SSSR count). The van der Waals surface area contributed by atoms with E-state index in [2.05, 4.69) is 97.0 Å². The number of ether oxygens (including phenoxy) is 1. The number of quaternary nitrogens is 1. The third-order valence-electron chi connectivity index (χ3n) is 6.17. The molecule has 0 saturated heterocycles. The number of nitrogens with zero attached hydrogens (tertiary/aromatic N) is 2. The Hall–Kier alpha value is -3.55. The first-order valence-electron chi connectivity index (χ1n) is 11.2. The molecule has 0 spiro atoms. The van der Waals surface area contributed by atoms with Crippen molar-refractivity contribution in [1.29, 1.82) is 5.26 Å². The van der Waals surface area contributed by atoms with E-state index in [1.54, 1.807) is 0 Å². The summed E-state index contributed by atoms with van der Waals surface area (Å²) in [6.07, 6.45) is 4.39. The van der Waals surface area contributed by atoms with Crippen LogP contribution in [0.3, 0.4) is 0 Å². The van der Waals surface area contributed by atoms with Crippen LogP contribution in [0.15, 0.2) is 90.8 Å². The Morgan fingerprint density at radius 1 is 1.00 bits per heavy atom. The van der Waals surface area contributed by atoms with E-state index in [1.807, 2.05) is 18.2 Å². The molecule has 0 bridgehead atoms. The van der Waals surface area contributed by atoms with Gasteiger partial charge in [0.2, 0.25) is 0 Å². The quantitative estimate of drug-likeness (QED) is 0.515. The molecule has 1 atom stereocenters. The summed E-state index contributed by atoms with van der Waals surface area (Å²) >= 11 is 0. The number of anilines is 1. The molecule has 0 radical (unpaired) electrons. The first-order chi connectivity index (χ1) is 15.6. The SMILES string of the molecule is C[NH2+]c1ccccc1C(C)(C/C=C1\Oc2ccccc2N1CCC#N)Cc1ccccc1. The van der Waals surface area contributed by atoms with Crippen LogP contribution in [0.25, 0.3) is 0 Å². The molecule has 1 aliphatic rings. The Kier molecular flexibility index (Phi) is 6.58. The monoisotopic (exact) mass is 424 g/mol. The molecule has 1 unspecified atom stereocenters. The minimum atomic E-state index is -0.115. The van der Waals surface area contributed by atoms with Gasteiger partial charge in [-0.25, -0.2) is 0 Å². The molecule has 0 aromatic heterocycles. The van der Waals surface area contributed by atoms with Crippen LogP contribution in [0, 0.1) is 11.3 Å². The van der Waals surface area contributed by atoms with E-state index in [4.69, 9.17) is 10.00 Å². The standard InChI is InChI=1S/C28H29N3O/c1-28(21-22-11-4-3-5-12-22,23-13-6-7-14-24(23)30-2)18-17-27-31(20-10-19-29)25-15-8-9-16-26(25)32-27/h3-9,11-17,30H,10,18,20-21H2,1-2H3/p+1/b27-17-. The van der Waals surface area contributed by atoms with Gasteiger partial charge in [-0.2, -0.15) is 5.26 Å². The summed E-state index contributed by atoms with van der Waals surface area (Å²) < 4.78 is 6.22. The lowest BCUT2D eigenvalue weighted by atomic mass is 9.74. The molecule has 4 heteroatoms. The number of allylic oxidation sites excluding steroid dienone is 1. The Labute approximate surface area is 190 Å². The second-order valence-corrected chi connectivity index (χ2v) is 8.47. The minimum Gasteiger partial charge on any atom is -0.439 e. The molecule has 162 valence electrons. The van der Waals surface area contributed by atoms with Gasteiger partial charge in [-0.15, -0.1) is 0 Å². The van der Waals surface area contributed by atoms with Crippen molar-refractivity contribution in [2.24, 2.45) is 0 Å². The highest BCUT2D eigenvalue weighted by Gasteiger charge is 2.32. The van der Waals surface area contributed by atoms with Crippen molar-refractivity contribution >= 4 is 11.4 Å². The highest BCUT2D eigenvalue weighted by atomic mass is 16.5. The maximum atomic E-state index is 9.15. The number of fused-ring (bicyclic) bond motifs is 1. The minimum absolute atomic E-state index is 0.115. The lowest BCUT2D eigenvalue weighted by molar-refractivity contribution is -0.540. The van der Waals surface area contributed by atoms with Gasteiger partial charge in [0.25, 0.3) is 0 Å². The molecule has 3 aromatic rings. The lowest BCUT2D eigenvalue weighted by Gasteiger charge is -2.30. The molecule has 0 aliphatic carbocycles. The summed E-state index contributed by atoms with van der Waals surface area (Å²) in [7, 11) is 2.10. The van der Waals surface area contributed by atoms with Gasteiger partial charge in [-0.05, 0) is 42.7 Å². The molecule has 0 amide bonds. The summed E-state index contributed by atoms with van der Waals surface area (Å²) in [5, 5.41) is 11.3. The zero-order valence-corrected chi connectivity index (χ0v) is 18.8. The van der Waals surface area contributed by atoms with Gasteiger partial charge in [-0.1, -0.05) is 67.6 Å². The predicted octanol–water partition coefficient (Wildman–Crippen LogP) is 5.06. The smallest absolute Gasteiger partial charge is 0.196 e. The van der Waals surface area contributed by atoms with Crippen LogP contribution in [-0.2, 0) is 11.8 Å². The van der Waals surface area contributed by atoms with Crippen LogP contribution in [0.5, 0.6) is 5.75 Å². The van der Waals surface area contributed by atoms with E-state index in [9.17, 15) is 0 Å². The largest absolute Gasteiger partial charge is 0.439 e. The summed E-state index contributed by atoms with van der Waals surface area (Å²) in [4.78, 5) is 2.12. The normalized spacial score (nSPS) is 15.7. The fourth-order valence-electron chi connectivity index (χ4n) is 4.53. The van der Waals surface area contributed by atoms with Crippen LogP contribution >= 0.6 is 0 Å². The van der Waals surface area contributed by atoms with E-state index in [0.29, 0.717) is 13.0 Å².